The molecule has 80 valence electrons. The highest BCUT2D eigenvalue weighted by Gasteiger charge is 2.18. The highest BCUT2D eigenvalue weighted by Crippen LogP contribution is 2.18. The number of benzene rings is 1. The Bertz CT molecular complexity index is 342. The third-order valence-electron chi connectivity index (χ3n) is 2.51. The van der Waals surface area contributed by atoms with Gasteiger partial charge in [-0.3, -0.25) is 0 Å². The molecule has 0 spiro atoms. The van der Waals surface area contributed by atoms with Gasteiger partial charge in [0.25, 0.3) is 0 Å². The number of hydrogen-bond donors (Lipinski definition) is 1. The normalized spacial score (nSPS) is 15.8. The van der Waals surface area contributed by atoms with Crippen LogP contribution in [0.1, 0.15) is 18.4 Å². The molecule has 0 atom stereocenters. The van der Waals surface area contributed by atoms with E-state index < -0.39 is 0 Å². The average Bonchev–Trinajstić information content (AvgIpc) is 3.09. The summed E-state index contributed by atoms with van der Waals surface area (Å²) in [6, 6.07) is 8.86. The van der Waals surface area contributed by atoms with Gasteiger partial charge >= 0.3 is 0 Å². The Morgan fingerprint density at radius 2 is 2.33 bits per heavy atom. The largest absolute Gasteiger partial charge is 0.497 e. The molecule has 2 nitrogen and oxygen atoms in total. The Hall–Kier alpha value is -1.28. The van der Waals surface area contributed by atoms with Crippen LogP contribution < -0.4 is 10.1 Å². The first kappa shape index (κ1) is 10.2. The summed E-state index contributed by atoms with van der Waals surface area (Å²) in [6.07, 6.45) is 6.96. The van der Waals surface area contributed by atoms with Gasteiger partial charge < -0.3 is 10.1 Å². The van der Waals surface area contributed by atoms with Crippen LogP contribution in [-0.4, -0.2) is 19.7 Å². The van der Waals surface area contributed by atoms with Gasteiger partial charge in [0.15, 0.2) is 0 Å². The molecule has 1 saturated carbocycles. The molecule has 0 amide bonds. The lowest BCUT2D eigenvalue weighted by Gasteiger charge is -2.00. The van der Waals surface area contributed by atoms with Gasteiger partial charge in [0.2, 0.25) is 0 Å². The molecular weight excluding hydrogens is 186 g/mol. The van der Waals surface area contributed by atoms with E-state index >= 15 is 0 Å². The molecular formula is C13H17NO. The van der Waals surface area contributed by atoms with Crippen molar-refractivity contribution >= 4 is 6.08 Å². The summed E-state index contributed by atoms with van der Waals surface area (Å²) in [5.74, 6) is 0.910. The minimum atomic E-state index is 0.778. The van der Waals surface area contributed by atoms with Gasteiger partial charge in [-0.25, -0.2) is 0 Å². The SMILES string of the molecule is COc1cccc(C=CCNC2CC2)c1. The van der Waals surface area contributed by atoms with E-state index in [2.05, 4.69) is 23.5 Å². The standard InChI is InChI=1S/C13H17NO/c1-15-13-6-2-4-11(10-13)5-3-9-14-12-7-8-12/h2-6,10,12,14H,7-9H2,1H3. The Kier molecular flexibility index (Phi) is 3.41. The van der Waals surface area contributed by atoms with Crippen molar-refractivity contribution in [2.75, 3.05) is 13.7 Å². The molecule has 0 bridgehead atoms. The minimum absolute atomic E-state index is 0.778. The molecule has 2 heteroatoms. The third kappa shape index (κ3) is 3.40. The number of ether oxygens (including phenoxy) is 1. The first-order chi connectivity index (χ1) is 7.38. The molecule has 0 radical (unpaired) electrons. The van der Waals surface area contributed by atoms with E-state index in [1.165, 1.54) is 18.4 Å². The number of hydrogen-bond acceptors (Lipinski definition) is 2. The van der Waals surface area contributed by atoms with Crippen molar-refractivity contribution in [2.24, 2.45) is 0 Å². The fourth-order valence-corrected chi connectivity index (χ4v) is 1.46. The molecule has 1 aromatic rings. The summed E-state index contributed by atoms with van der Waals surface area (Å²) < 4.78 is 5.16. The number of rotatable bonds is 5. The first-order valence-electron chi connectivity index (χ1n) is 5.42. The highest BCUT2D eigenvalue weighted by molar-refractivity contribution is 5.51. The van der Waals surface area contributed by atoms with Crippen LogP contribution in [0.25, 0.3) is 6.08 Å². The molecule has 0 aliphatic heterocycles. The van der Waals surface area contributed by atoms with E-state index in [1.54, 1.807) is 7.11 Å². The summed E-state index contributed by atoms with van der Waals surface area (Å²) in [4.78, 5) is 0. The quantitative estimate of drug-likeness (QED) is 0.793. The van der Waals surface area contributed by atoms with E-state index in [0.29, 0.717) is 0 Å². The van der Waals surface area contributed by atoms with Crippen LogP contribution in [0.5, 0.6) is 5.75 Å². The van der Waals surface area contributed by atoms with Gasteiger partial charge in [-0.05, 0) is 30.5 Å². The van der Waals surface area contributed by atoms with Gasteiger partial charge in [-0.15, -0.1) is 0 Å². The molecule has 2 rings (SSSR count). The molecule has 0 saturated heterocycles. The fourth-order valence-electron chi connectivity index (χ4n) is 1.46. The molecule has 1 N–H and O–H groups in total. The lowest BCUT2D eigenvalue weighted by Crippen LogP contribution is -2.15. The molecule has 0 unspecified atom stereocenters. The summed E-state index contributed by atoms with van der Waals surface area (Å²) in [5, 5.41) is 3.44. The monoisotopic (exact) mass is 203 g/mol. The average molecular weight is 203 g/mol. The van der Waals surface area contributed by atoms with Gasteiger partial charge in [-0.2, -0.15) is 0 Å². The van der Waals surface area contributed by atoms with E-state index in [0.717, 1.165) is 18.3 Å². The topological polar surface area (TPSA) is 21.3 Å². The van der Waals surface area contributed by atoms with Crippen molar-refractivity contribution in [2.45, 2.75) is 18.9 Å². The van der Waals surface area contributed by atoms with E-state index in [9.17, 15) is 0 Å². The van der Waals surface area contributed by atoms with Gasteiger partial charge in [0.1, 0.15) is 5.75 Å². The Morgan fingerprint density at radius 3 is 3.07 bits per heavy atom. The second-order valence-corrected chi connectivity index (χ2v) is 3.86. The number of nitrogens with one attached hydrogen (secondary N) is 1. The van der Waals surface area contributed by atoms with Gasteiger partial charge in [0.05, 0.1) is 7.11 Å². The summed E-state index contributed by atoms with van der Waals surface area (Å²) >= 11 is 0. The van der Waals surface area contributed by atoms with Crippen molar-refractivity contribution in [3.8, 4) is 5.75 Å². The minimum Gasteiger partial charge on any atom is -0.497 e. The van der Waals surface area contributed by atoms with Crippen LogP contribution in [0.2, 0.25) is 0 Å². The van der Waals surface area contributed by atoms with E-state index in [1.807, 2.05) is 18.2 Å². The lowest BCUT2D eigenvalue weighted by molar-refractivity contribution is 0.414. The second-order valence-electron chi connectivity index (χ2n) is 3.86. The highest BCUT2D eigenvalue weighted by atomic mass is 16.5. The van der Waals surface area contributed by atoms with E-state index in [-0.39, 0.29) is 0 Å². The van der Waals surface area contributed by atoms with Crippen molar-refractivity contribution in [1.29, 1.82) is 0 Å². The van der Waals surface area contributed by atoms with Crippen LogP contribution in [0, 0.1) is 0 Å². The molecule has 1 fully saturated rings. The van der Waals surface area contributed by atoms with Crippen LogP contribution >= 0.6 is 0 Å². The zero-order valence-electron chi connectivity index (χ0n) is 9.07. The van der Waals surface area contributed by atoms with Gasteiger partial charge in [0, 0.05) is 12.6 Å². The predicted octanol–water partition coefficient (Wildman–Crippen LogP) is 2.46. The molecule has 1 aromatic carbocycles. The van der Waals surface area contributed by atoms with Crippen LogP contribution in [0.15, 0.2) is 30.3 Å². The van der Waals surface area contributed by atoms with Gasteiger partial charge in [-0.1, -0.05) is 24.3 Å². The molecule has 15 heavy (non-hydrogen) atoms. The van der Waals surface area contributed by atoms with Crippen molar-refractivity contribution in [1.82, 2.24) is 5.32 Å². The zero-order valence-corrected chi connectivity index (χ0v) is 9.07. The molecule has 0 aromatic heterocycles. The maximum Gasteiger partial charge on any atom is 0.119 e. The molecule has 1 aliphatic rings. The maximum atomic E-state index is 5.16. The fraction of sp³-hybridized carbons (Fsp3) is 0.385. The summed E-state index contributed by atoms with van der Waals surface area (Å²) in [5.41, 5.74) is 1.19. The Balaban J connectivity index is 1.84. The number of methoxy groups -OCH3 is 1. The maximum absolute atomic E-state index is 5.16. The van der Waals surface area contributed by atoms with Crippen molar-refractivity contribution in [3.05, 3.63) is 35.9 Å². The van der Waals surface area contributed by atoms with Crippen molar-refractivity contribution in [3.63, 3.8) is 0 Å². The Morgan fingerprint density at radius 1 is 1.47 bits per heavy atom. The lowest BCUT2D eigenvalue weighted by atomic mass is 10.2. The molecule has 1 aliphatic carbocycles. The summed E-state index contributed by atoms with van der Waals surface area (Å²) in [7, 11) is 1.69. The zero-order chi connectivity index (χ0) is 10.5. The smallest absolute Gasteiger partial charge is 0.119 e. The van der Waals surface area contributed by atoms with Crippen LogP contribution in [0.3, 0.4) is 0 Å². The molecule has 0 heterocycles. The second kappa shape index (κ2) is 4.99. The Labute approximate surface area is 91.0 Å². The van der Waals surface area contributed by atoms with Crippen molar-refractivity contribution < 1.29 is 4.74 Å². The van der Waals surface area contributed by atoms with E-state index in [4.69, 9.17) is 4.74 Å². The third-order valence-corrected chi connectivity index (χ3v) is 2.51. The van der Waals surface area contributed by atoms with Crippen LogP contribution in [-0.2, 0) is 0 Å². The first-order valence-corrected chi connectivity index (χ1v) is 5.42. The van der Waals surface area contributed by atoms with Crippen LogP contribution in [0.4, 0.5) is 0 Å². The predicted molar refractivity (Wildman–Crippen MR) is 63.1 cm³/mol. The summed E-state index contributed by atoms with van der Waals surface area (Å²) in [6.45, 7) is 0.960.